The van der Waals surface area contributed by atoms with Crippen molar-refractivity contribution in [1.29, 1.82) is 0 Å². The molecule has 31 heavy (non-hydrogen) atoms. The fourth-order valence-corrected chi connectivity index (χ4v) is 4.30. The van der Waals surface area contributed by atoms with Crippen LogP contribution < -0.4 is 5.32 Å². The van der Waals surface area contributed by atoms with Crippen LogP contribution in [0.2, 0.25) is 0 Å². The SMILES string of the molecule is CCOC(=O)C1(c2ccc(NC(=O)CCc3ccc(S(=O)(=O)N(C)C)cc3)cc2)CC1. The second kappa shape index (κ2) is 9.20. The second-order valence-electron chi connectivity index (χ2n) is 7.86. The molecule has 0 aromatic heterocycles. The van der Waals surface area contributed by atoms with Crippen LogP contribution in [0.25, 0.3) is 0 Å². The third-order valence-corrected chi connectivity index (χ3v) is 7.31. The van der Waals surface area contributed by atoms with Crippen molar-refractivity contribution >= 4 is 27.6 Å². The molecular weight excluding hydrogens is 416 g/mol. The first-order valence-electron chi connectivity index (χ1n) is 10.3. The topological polar surface area (TPSA) is 92.8 Å². The quantitative estimate of drug-likeness (QED) is 0.600. The van der Waals surface area contributed by atoms with E-state index in [9.17, 15) is 18.0 Å². The first-order chi connectivity index (χ1) is 14.7. The number of carbonyl (C=O) groups excluding carboxylic acids is 2. The number of esters is 1. The number of nitrogens with one attached hydrogen (secondary N) is 1. The van der Waals surface area contributed by atoms with E-state index in [4.69, 9.17) is 4.74 Å². The van der Waals surface area contributed by atoms with E-state index in [1.807, 2.05) is 12.1 Å². The minimum absolute atomic E-state index is 0.135. The smallest absolute Gasteiger partial charge is 0.316 e. The highest BCUT2D eigenvalue weighted by Crippen LogP contribution is 2.49. The van der Waals surface area contributed by atoms with Gasteiger partial charge in [0.25, 0.3) is 0 Å². The third kappa shape index (κ3) is 5.14. The van der Waals surface area contributed by atoms with Crippen molar-refractivity contribution in [2.75, 3.05) is 26.0 Å². The van der Waals surface area contributed by atoms with Crippen LogP contribution in [0.3, 0.4) is 0 Å². The van der Waals surface area contributed by atoms with E-state index in [1.54, 1.807) is 43.3 Å². The van der Waals surface area contributed by atoms with Crippen molar-refractivity contribution in [1.82, 2.24) is 4.31 Å². The summed E-state index contributed by atoms with van der Waals surface area (Å²) in [5.74, 6) is -0.319. The summed E-state index contributed by atoms with van der Waals surface area (Å²) in [5.41, 5.74) is 1.94. The van der Waals surface area contributed by atoms with Gasteiger partial charge in [-0.25, -0.2) is 12.7 Å². The van der Waals surface area contributed by atoms with Crippen LogP contribution in [0.15, 0.2) is 53.4 Å². The maximum Gasteiger partial charge on any atom is 0.316 e. The van der Waals surface area contributed by atoms with Gasteiger partial charge in [-0.1, -0.05) is 24.3 Å². The first kappa shape index (κ1) is 23.0. The first-order valence-corrected chi connectivity index (χ1v) is 11.7. The number of anilines is 1. The summed E-state index contributed by atoms with van der Waals surface area (Å²) >= 11 is 0. The van der Waals surface area contributed by atoms with Crippen molar-refractivity contribution in [3.63, 3.8) is 0 Å². The molecule has 0 unspecified atom stereocenters. The van der Waals surface area contributed by atoms with Gasteiger partial charge in [-0.2, -0.15) is 0 Å². The van der Waals surface area contributed by atoms with Crippen LogP contribution in [0.4, 0.5) is 5.69 Å². The van der Waals surface area contributed by atoms with Gasteiger partial charge in [-0.15, -0.1) is 0 Å². The Labute approximate surface area is 183 Å². The summed E-state index contributed by atoms with van der Waals surface area (Å²) in [6.45, 7) is 2.16. The van der Waals surface area contributed by atoms with Gasteiger partial charge in [0, 0.05) is 26.2 Å². The molecule has 2 aromatic carbocycles. The number of sulfonamides is 1. The largest absolute Gasteiger partial charge is 0.465 e. The lowest BCUT2D eigenvalue weighted by Crippen LogP contribution is -2.23. The zero-order chi connectivity index (χ0) is 22.6. The van der Waals surface area contributed by atoms with Crippen molar-refractivity contribution in [2.24, 2.45) is 0 Å². The molecule has 1 amide bonds. The molecular formula is C23H28N2O5S. The number of hydrogen-bond acceptors (Lipinski definition) is 5. The number of rotatable bonds is 9. The molecule has 0 spiro atoms. The molecule has 0 atom stereocenters. The molecule has 0 bridgehead atoms. The molecule has 2 aromatic rings. The summed E-state index contributed by atoms with van der Waals surface area (Å²) < 4.78 is 30.6. The molecule has 3 rings (SSSR count). The molecule has 1 saturated carbocycles. The highest BCUT2D eigenvalue weighted by atomic mass is 32.2. The van der Waals surface area contributed by atoms with Crippen LogP contribution in [-0.4, -0.2) is 45.3 Å². The Morgan fingerprint density at radius 2 is 1.65 bits per heavy atom. The van der Waals surface area contributed by atoms with Gasteiger partial charge < -0.3 is 10.1 Å². The van der Waals surface area contributed by atoms with Crippen molar-refractivity contribution in [3.8, 4) is 0 Å². The summed E-state index contributed by atoms with van der Waals surface area (Å²) in [6, 6.07) is 13.9. The standard InChI is InChI=1S/C23H28N2O5S/c1-4-30-22(27)23(15-16-23)18-8-10-19(11-9-18)24-21(26)14-7-17-5-12-20(13-6-17)31(28,29)25(2)3/h5-6,8-13H,4,7,14-16H2,1-3H3,(H,24,26). The third-order valence-electron chi connectivity index (χ3n) is 5.48. The van der Waals surface area contributed by atoms with Crippen molar-refractivity contribution in [3.05, 3.63) is 59.7 Å². The minimum atomic E-state index is -3.46. The van der Waals surface area contributed by atoms with Gasteiger partial charge in [0.05, 0.1) is 16.9 Å². The fourth-order valence-electron chi connectivity index (χ4n) is 3.40. The van der Waals surface area contributed by atoms with Crippen LogP contribution in [0.5, 0.6) is 0 Å². The molecule has 1 aliphatic rings. The second-order valence-corrected chi connectivity index (χ2v) is 10.0. The molecule has 0 saturated heterocycles. The minimum Gasteiger partial charge on any atom is -0.465 e. The maximum absolute atomic E-state index is 12.3. The number of benzene rings is 2. The van der Waals surface area contributed by atoms with Crippen molar-refractivity contribution in [2.45, 2.75) is 42.9 Å². The van der Waals surface area contributed by atoms with Gasteiger partial charge in [-0.3, -0.25) is 9.59 Å². The molecule has 166 valence electrons. The summed E-state index contributed by atoms with van der Waals surface area (Å²) in [5, 5.41) is 2.86. The average molecular weight is 445 g/mol. The van der Waals surface area contributed by atoms with Gasteiger partial charge in [0.1, 0.15) is 0 Å². The Bertz CT molecular complexity index is 1040. The molecule has 7 nitrogen and oxygen atoms in total. The van der Waals surface area contributed by atoms with Crippen LogP contribution >= 0.6 is 0 Å². The number of carbonyl (C=O) groups is 2. The molecule has 8 heteroatoms. The predicted molar refractivity (Wildman–Crippen MR) is 118 cm³/mol. The number of hydrogen-bond donors (Lipinski definition) is 1. The normalized spacial score (nSPS) is 14.8. The van der Waals surface area contributed by atoms with Crippen LogP contribution in [0, 0.1) is 0 Å². The van der Waals surface area contributed by atoms with Gasteiger partial charge in [0.15, 0.2) is 0 Å². The number of ether oxygens (including phenoxy) is 1. The molecule has 0 radical (unpaired) electrons. The van der Waals surface area contributed by atoms with Crippen molar-refractivity contribution < 1.29 is 22.7 Å². The highest BCUT2D eigenvalue weighted by Gasteiger charge is 2.52. The summed E-state index contributed by atoms with van der Waals surface area (Å²) in [4.78, 5) is 24.7. The van der Waals surface area contributed by atoms with E-state index in [0.29, 0.717) is 18.7 Å². The zero-order valence-corrected chi connectivity index (χ0v) is 18.9. The Kier molecular flexibility index (Phi) is 6.81. The van der Waals surface area contributed by atoms with E-state index in [-0.39, 0.29) is 23.2 Å². The van der Waals surface area contributed by atoms with E-state index < -0.39 is 15.4 Å². The van der Waals surface area contributed by atoms with Gasteiger partial charge in [-0.05, 0) is 61.6 Å². The Morgan fingerprint density at radius 3 is 2.16 bits per heavy atom. The lowest BCUT2D eigenvalue weighted by Gasteiger charge is -2.15. The van der Waals surface area contributed by atoms with E-state index >= 15 is 0 Å². The summed E-state index contributed by atoms with van der Waals surface area (Å²) in [6.07, 6.45) is 2.34. The Balaban J connectivity index is 1.54. The Morgan fingerprint density at radius 1 is 1.03 bits per heavy atom. The van der Waals surface area contributed by atoms with E-state index in [1.165, 1.54) is 18.4 Å². The van der Waals surface area contributed by atoms with E-state index in [0.717, 1.165) is 24.0 Å². The van der Waals surface area contributed by atoms with Gasteiger partial charge >= 0.3 is 5.97 Å². The zero-order valence-electron chi connectivity index (χ0n) is 18.1. The lowest BCUT2D eigenvalue weighted by atomic mass is 9.96. The molecule has 1 aliphatic carbocycles. The molecule has 1 fully saturated rings. The number of amides is 1. The molecule has 0 aliphatic heterocycles. The summed E-state index contributed by atoms with van der Waals surface area (Å²) in [7, 11) is -0.484. The highest BCUT2D eigenvalue weighted by molar-refractivity contribution is 7.89. The lowest BCUT2D eigenvalue weighted by molar-refractivity contribution is -0.146. The number of aryl methyl sites for hydroxylation is 1. The Hall–Kier alpha value is -2.71. The average Bonchev–Trinajstić information content (AvgIpc) is 3.55. The molecule has 1 N–H and O–H groups in total. The number of nitrogens with zero attached hydrogens (tertiary/aromatic N) is 1. The van der Waals surface area contributed by atoms with E-state index in [2.05, 4.69) is 5.32 Å². The van der Waals surface area contributed by atoms with Crippen LogP contribution in [0.1, 0.15) is 37.3 Å². The predicted octanol–water partition coefficient (Wildman–Crippen LogP) is 3.10. The van der Waals surface area contributed by atoms with Crippen LogP contribution in [-0.2, 0) is 36.2 Å². The molecule has 0 heterocycles. The maximum atomic E-state index is 12.3. The fraction of sp³-hybridized carbons (Fsp3) is 0.391. The monoisotopic (exact) mass is 444 g/mol. The van der Waals surface area contributed by atoms with Gasteiger partial charge in [0.2, 0.25) is 15.9 Å².